The van der Waals surface area contributed by atoms with Crippen LogP contribution in [-0.2, 0) is 14.2 Å². The summed E-state index contributed by atoms with van der Waals surface area (Å²) in [5.74, 6) is -1.89. The molecule has 0 aromatic carbocycles. The lowest BCUT2D eigenvalue weighted by Crippen LogP contribution is -2.47. The zero-order valence-electron chi connectivity index (χ0n) is 11.2. The van der Waals surface area contributed by atoms with Crippen molar-refractivity contribution >= 4 is 0 Å². The Balaban J connectivity index is 2.62. The van der Waals surface area contributed by atoms with E-state index < -0.39 is 17.7 Å². The molecule has 17 heavy (non-hydrogen) atoms. The summed E-state index contributed by atoms with van der Waals surface area (Å²) in [5.41, 5.74) is 0. The fourth-order valence-corrected chi connectivity index (χ4v) is 1.98. The summed E-state index contributed by atoms with van der Waals surface area (Å²) in [4.78, 5) is 0. The van der Waals surface area contributed by atoms with E-state index >= 15 is 0 Å². The zero-order chi connectivity index (χ0) is 12.9. The molecular formula is C13H24O4. The number of ether oxygens (including phenoxy) is 3. The van der Waals surface area contributed by atoms with E-state index in [0.29, 0.717) is 6.42 Å². The summed E-state index contributed by atoms with van der Waals surface area (Å²) >= 11 is 0. The van der Waals surface area contributed by atoms with Gasteiger partial charge in [-0.15, -0.1) is 0 Å². The second kappa shape index (κ2) is 5.96. The maximum absolute atomic E-state index is 10.2. The highest BCUT2D eigenvalue weighted by molar-refractivity contribution is 5.12. The van der Waals surface area contributed by atoms with Crippen molar-refractivity contribution in [3.63, 3.8) is 0 Å². The number of hydrogen-bond acceptors (Lipinski definition) is 4. The van der Waals surface area contributed by atoms with Gasteiger partial charge in [-0.1, -0.05) is 26.2 Å². The first-order valence-electron chi connectivity index (χ1n) is 6.21. The summed E-state index contributed by atoms with van der Waals surface area (Å²) < 4.78 is 16.3. The first-order valence-corrected chi connectivity index (χ1v) is 6.21. The van der Waals surface area contributed by atoms with Crippen LogP contribution in [0.2, 0.25) is 0 Å². The van der Waals surface area contributed by atoms with E-state index in [4.69, 9.17) is 14.2 Å². The molecule has 3 unspecified atom stereocenters. The standard InChI is InChI=1S/C13H24O4/c1-5-6-7-8-11(14)13(16-4)10-9-12(2,15-3)17-13/h9-11,14H,5-8H2,1-4H3. The van der Waals surface area contributed by atoms with Gasteiger partial charge < -0.3 is 19.3 Å². The molecule has 4 nitrogen and oxygen atoms in total. The molecule has 0 aromatic rings. The maximum atomic E-state index is 10.2. The van der Waals surface area contributed by atoms with Crippen LogP contribution in [-0.4, -0.2) is 37.0 Å². The molecule has 100 valence electrons. The Hall–Kier alpha value is -0.420. The van der Waals surface area contributed by atoms with E-state index in [1.54, 1.807) is 26.2 Å². The molecule has 0 bridgehead atoms. The molecular weight excluding hydrogens is 220 g/mol. The molecule has 1 heterocycles. The number of rotatable bonds is 7. The van der Waals surface area contributed by atoms with Gasteiger partial charge in [0.2, 0.25) is 5.79 Å². The van der Waals surface area contributed by atoms with Gasteiger partial charge in [-0.25, -0.2) is 0 Å². The van der Waals surface area contributed by atoms with Gasteiger partial charge in [0.05, 0.1) is 0 Å². The predicted octanol–water partition coefficient (Wildman–Crippen LogP) is 2.22. The molecule has 0 saturated carbocycles. The van der Waals surface area contributed by atoms with Gasteiger partial charge in [0, 0.05) is 14.2 Å². The quantitative estimate of drug-likeness (QED) is 0.551. The number of hydrogen-bond donors (Lipinski definition) is 1. The number of unbranched alkanes of at least 4 members (excludes halogenated alkanes) is 2. The van der Waals surface area contributed by atoms with Crippen molar-refractivity contribution in [2.75, 3.05) is 14.2 Å². The molecule has 4 heteroatoms. The average Bonchev–Trinajstić information content (AvgIpc) is 2.69. The Morgan fingerprint density at radius 2 is 1.94 bits per heavy atom. The fourth-order valence-electron chi connectivity index (χ4n) is 1.98. The van der Waals surface area contributed by atoms with Gasteiger partial charge in [-0.05, 0) is 25.5 Å². The molecule has 0 aliphatic carbocycles. The van der Waals surface area contributed by atoms with Crippen molar-refractivity contribution in [1.29, 1.82) is 0 Å². The molecule has 1 N–H and O–H groups in total. The number of aliphatic hydroxyl groups excluding tert-OH is 1. The minimum atomic E-state index is -1.07. The van der Waals surface area contributed by atoms with Crippen LogP contribution >= 0.6 is 0 Å². The normalized spacial score (nSPS) is 34.2. The summed E-state index contributed by atoms with van der Waals surface area (Å²) in [6.07, 6.45) is 6.69. The highest BCUT2D eigenvalue weighted by Gasteiger charge is 2.47. The van der Waals surface area contributed by atoms with Crippen LogP contribution in [0.3, 0.4) is 0 Å². The van der Waals surface area contributed by atoms with Crippen LogP contribution in [0.5, 0.6) is 0 Å². The Kier molecular flexibility index (Phi) is 5.13. The highest BCUT2D eigenvalue weighted by atomic mass is 16.8. The van der Waals surface area contributed by atoms with Gasteiger partial charge in [0.1, 0.15) is 6.10 Å². The molecule has 1 rings (SSSR count). The molecule has 1 aliphatic heterocycles. The first kappa shape index (κ1) is 14.6. The van der Waals surface area contributed by atoms with Crippen LogP contribution in [0.15, 0.2) is 12.2 Å². The largest absolute Gasteiger partial charge is 0.387 e. The summed E-state index contributed by atoms with van der Waals surface area (Å²) in [7, 11) is 3.11. The SMILES string of the molecule is CCCCCC(O)C1(OC)C=CC(C)(OC)O1. The molecule has 0 fully saturated rings. The summed E-state index contributed by atoms with van der Waals surface area (Å²) in [5, 5.41) is 10.2. The molecule has 0 aromatic heterocycles. The van der Waals surface area contributed by atoms with Gasteiger partial charge in [-0.2, -0.15) is 0 Å². The number of methoxy groups -OCH3 is 2. The summed E-state index contributed by atoms with van der Waals surface area (Å²) in [6.45, 7) is 3.93. The first-order chi connectivity index (χ1) is 8.02. The lowest BCUT2D eigenvalue weighted by Gasteiger charge is -2.34. The molecule has 0 amide bonds. The van der Waals surface area contributed by atoms with Gasteiger partial charge in [0.25, 0.3) is 0 Å². The van der Waals surface area contributed by atoms with Crippen molar-refractivity contribution in [3.8, 4) is 0 Å². The summed E-state index contributed by atoms with van der Waals surface area (Å²) in [6, 6.07) is 0. The second-order valence-electron chi connectivity index (χ2n) is 4.59. The third-order valence-corrected chi connectivity index (χ3v) is 3.25. The van der Waals surface area contributed by atoms with Gasteiger partial charge in [-0.3, -0.25) is 0 Å². The van der Waals surface area contributed by atoms with E-state index in [-0.39, 0.29) is 0 Å². The van der Waals surface area contributed by atoms with Crippen LogP contribution in [0.4, 0.5) is 0 Å². The molecule has 0 spiro atoms. The van der Waals surface area contributed by atoms with Crippen molar-refractivity contribution < 1.29 is 19.3 Å². The molecule has 0 saturated heterocycles. The lowest BCUT2D eigenvalue weighted by atomic mass is 10.0. The predicted molar refractivity (Wildman–Crippen MR) is 65.5 cm³/mol. The van der Waals surface area contributed by atoms with E-state index in [2.05, 4.69) is 6.92 Å². The second-order valence-corrected chi connectivity index (χ2v) is 4.59. The van der Waals surface area contributed by atoms with Crippen molar-refractivity contribution in [3.05, 3.63) is 12.2 Å². The minimum absolute atomic E-state index is 0.659. The van der Waals surface area contributed by atoms with E-state index in [1.165, 1.54) is 7.11 Å². The van der Waals surface area contributed by atoms with Crippen molar-refractivity contribution in [2.24, 2.45) is 0 Å². The Labute approximate surface area is 104 Å². The average molecular weight is 244 g/mol. The Morgan fingerprint density at radius 1 is 1.24 bits per heavy atom. The smallest absolute Gasteiger partial charge is 0.217 e. The van der Waals surface area contributed by atoms with E-state index in [9.17, 15) is 5.11 Å². The zero-order valence-corrected chi connectivity index (χ0v) is 11.2. The Bertz CT molecular complexity index is 266. The fraction of sp³-hybridized carbons (Fsp3) is 0.846. The van der Waals surface area contributed by atoms with Gasteiger partial charge in [0.15, 0.2) is 5.79 Å². The third-order valence-electron chi connectivity index (χ3n) is 3.25. The minimum Gasteiger partial charge on any atom is -0.387 e. The van der Waals surface area contributed by atoms with E-state index in [0.717, 1.165) is 19.3 Å². The van der Waals surface area contributed by atoms with E-state index in [1.807, 2.05) is 0 Å². The molecule has 1 aliphatic rings. The van der Waals surface area contributed by atoms with Crippen LogP contribution in [0.1, 0.15) is 39.5 Å². The number of aliphatic hydroxyl groups is 1. The van der Waals surface area contributed by atoms with Crippen LogP contribution in [0, 0.1) is 0 Å². The Morgan fingerprint density at radius 3 is 2.41 bits per heavy atom. The highest BCUT2D eigenvalue weighted by Crippen LogP contribution is 2.36. The topological polar surface area (TPSA) is 47.9 Å². The molecule has 0 radical (unpaired) electrons. The van der Waals surface area contributed by atoms with Gasteiger partial charge >= 0.3 is 0 Å². The van der Waals surface area contributed by atoms with Crippen molar-refractivity contribution in [1.82, 2.24) is 0 Å². The third kappa shape index (κ3) is 3.28. The monoisotopic (exact) mass is 244 g/mol. The maximum Gasteiger partial charge on any atom is 0.217 e. The molecule has 3 atom stereocenters. The van der Waals surface area contributed by atoms with Crippen molar-refractivity contribution in [2.45, 2.75) is 57.2 Å². The van der Waals surface area contributed by atoms with Crippen LogP contribution < -0.4 is 0 Å². The van der Waals surface area contributed by atoms with Crippen LogP contribution in [0.25, 0.3) is 0 Å². The lowest BCUT2D eigenvalue weighted by molar-refractivity contribution is -0.315.